The van der Waals surface area contributed by atoms with Gasteiger partial charge in [-0.1, -0.05) is 23.7 Å². The summed E-state index contributed by atoms with van der Waals surface area (Å²) >= 11 is 5.82. The van der Waals surface area contributed by atoms with E-state index in [1.54, 1.807) is 12.1 Å². The lowest BCUT2D eigenvalue weighted by atomic mass is 10.1. The van der Waals surface area contributed by atoms with E-state index in [4.69, 9.17) is 11.6 Å². The molecule has 1 aliphatic heterocycles. The Morgan fingerprint density at radius 2 is 1.76 bits per heavy atom. The molecule has 1 N–H and O–H groups in total. The minimum atomic E-state index is -3.08. The first-order valence-electron chi connectivity index (χ1n) is 6.97. The van der Waals surface area contributed by atoms with Crippen LogP contribution in [0.2, 0.25) is 5.02 Å². The van der Waals surface area contributed by atoms with Gasteiger partial charge in [-0.2, -0.15) is 4.31 Å². The van der Waals surface area contributed by atoms with Gasteiger partial charge in [-0.3, -0.25) is 0 Å². The van der Waals surface area contributed by atoms with Crippen LogP contribution in [0.5, 0.6) is 0 Å². The minimum Gasteiger partial charge on any atom is -0.388 e. The third kappa shape index (κ3) is 4.93. The molecule has 1 heterocycles. The highest BCUT2D eigenvalue weighted by atomic mass is 35.5. The van der Waals surface area contributed by atoms with Crippen LogP contribution in [0.15, 0.2) is 24.3 Å². The number of benzene rings is 1. The van der Waals surface area contributed by atoms with Gasteiger partial charge >= 0.3 is 0 Å². The highest BCUT2D eigenvalue weighted by molar-refractivity contribution is 7.88. The normalized spacial score (nSPS) is 19.6. The van der Waals surface area contributed by atoms with Crippen molar-refractivity contribution >= 4 is 21.6 Å². The van der Waals surface area contributed by atoms with Crippen LogP contribution >= 0.6 is 11.6 Å². The summed E-state index contributed by atoms with van der Waals surface area (Å²) in [6.07, 6.45) is 1.35. The lowest BCUT2D eigenvalue weighted by Gasteiger charge is -2.33. The third-order valence-corrected chi connectivity index (χ3v) is 5.33. The lowest BCUT2D eigenvalue weighted by Crippen LogP contribution is -2.48. The first kappa shape index (κ1) is 16.7. The second-order valence-electron chi connectivity index (χ2n) is 5.36. The fourth-order valence-corrected chi connectivity index (χ4v) is 3.39. The summed E-state index contributed by atoms with van der Waals surface area (Å²) in [5.74, 6) is 0. The number of hydrogen-bond acceptors (Lipinski definition) is 4. The van der Waals surface area contributed by atoms with Crippen LogP contribution in [0.25, 0.3) is 0 Å². The quantitative estimate of drug-likeness (QED) is 0.884. The van der Waals surface area contributed by atoms with Gasteiger partial charge < -0.3 is 10.0 Å². The van der Waals surface area contributed by atoms with Crippen molar-refractivity contribution in [2.24, 2.45) is 0 Å². The van der Waals surface area contributed by atoms with Crippen LogP contribution < -0.4 is 0 Å². The van der Waals surface area contributed by atoms with Crippen molar-refractivity contribution in [3.8, 4) is 0 Å². The predicted molar refractivity (Wildman–Crippen MR) is 83.9 cm³/mol. The number of aliphatic hydroxyl groups is 1. The SMILES string of the molecule is CS(=O)(=O)N1CCN(CCC(O)c2ccc(Cl)cc2)CC1. The van der Waals surface area contributed by atoms with E-state index < -0.39 is 16.1 Å². The molecule has 1 atom stereocenters. The fourth-order valence-electron chi connectivity index (χ4n) is 2.44. The molecule has 1 aromatic carbocycles. The molecule has 118 valence electrons. The average molecular weight is 333 g/mol. The predicted octanol–water partition coefficient (Wildman–Crippen LogP) is 1.34. The summed E-state index contributed by atoms with van der Waals surface area (Å²) in [6.45, 7) is 3.22. The van der Waals surface area contributed by atoms with E-state index in [1.807, 2.05) is 12.1 Å². The van der Waals surface area contributed by atoms with Crippen LogP contribution in [0.1, 0.15) is 18.1 Å². The highest BCUT2D eigenvalue weighted by Gasteiger charge is 2.23. The van der Waals surface area contributed by atoms with Crippen molar-refractivity contribution in [2.75, 3.05) is 39.0 Å². The number of nitrogens with zero attached hydrogens (tertiary/aromatic N) is 2. The van der Waals surface area contributed by atoms with Crippen LogP contribution in [0.4, 0.5) is 0 Å². The first-order valence-corrected chi connectivity index (χ1v) is 9.20. The number of rotatable bonds is 5. The fraction of sp³-hybridized carbons (Fsp3) is 0.571. The molecule has 0 radical (unpaired) electrons. The molecule has 0 aliphatic carbocycles. The molecule has 1 unspecified atom stereocenters. The Labute approximate surface area is 131 Å². The smallest absolute Gasteiger partial charge is 0.211 e. The maximum Gasteiger partial charge on any atom is 0.211 e. The second kappa shape index (κ2) is 7.07. The molecule has 5 nitrogen and oxygen atoms in total. The zero-order valence-electron chi connectivity index (χ0n) is 12.1. The van der Waals surface area contributed by atoms with E-state index in [2.05, 4.69) is 4.90 Å². The number of sulfonamides is 1. The van der Waals surface area contributed by atoms with Gasteiger partial charge in [0.2, 0.25) is 10.0 Å². The summed E-state index contributed by atoms with van der Waals surface area (Å²) < 4.78 is 24.4. The van der Waals surface area contributed by atoms with E-state index >= 15 is 0 Å². The number of piperazine rings is 1. The van der Waals surface area contributed by atoms with Crippen molar-refractivity contribution in [2.45, 2.75) is 12.5 Å². The van der Waals surface area contributed by atoms with Gasteiger partial charge in [-0.25, -0.2) is 8.42 Å². The van der Waals surface area contributed by atoms with Gasteiger partial charge in [0.25, 0.3) is 0 Å². The van der Waals surface area contributed by atoms with Gasteiger partial charge in [0, 0.05) is 37.7 Å². The van der Waals surface area contributed by atoms with Gasteiger partial charge in [0.15, 0.2) is 0 Å². The molecule has 0 spiro atoms. The molecular weight excluding hydrogens is 312 g/mol. The van der Waals surface area contributed by atoms with Crippen LogP contribution in [0, 0.1) is 0 Å². The van der Waals surface area contributed by atoms with Crippen molar-refractivity contribution in [1.82, 2.24) is 9.21 Å². The van der Waals surface area contributed by atoms with E-state index in [-0.39, 0.29) is 0 Å². The number of aliphatic hydroxyl groups excluding tert-OH is 1. The second-order valence-corrected chi connectivity index (χ2v) is 7.78. The molecule has 1 aliphatic rings. The molecular formula is C14H21ClN2O3S. The molecule has 0 aromatic heterocycles. The van der Waals surface area contributed by atoms with Gasteiger partial charge in [-0.15, -0.1) is 0 Å². The van der Waals surface area contributed by atoms with E-state index in [0.717, 1.165) is 12.1 Å². The molecule has 0 saturated carbocycles. The van der Waals surface area contributed by atoms with Crippen molar-refractivity contribution in [3.63, 3.8) is 0 Å². The summed E-state index contributed by atoms with van der Waals surface area (Å²) in [6, 6.07) is 7.19. The topological polar surface area (TPSA) is 60.9 Å². The first-order chi connectivity index (χ1) is 9.86. The molecule has 21 heavy (non-hydrogen) atoms. The van der Waals surface area contributed by atoms with E-state index in [0.29, 0.717) is 37.6 Å². The summed E-state index contributed by atoms with van der Waals surface area (Å²) in [4.78, 5) is 2.18. The standard InChI is InChI=1S/C14H21ClN2O3S/c1-21(19,20)17-10-8-16(9-11-17)7-6-14(18)12-2-4-13(15)5-3-12/h2-5,14,18H,6-11H2,1H3. The highest BCUT2D eigenvalue weighted by Crippen LogP contribution is 2.19. The molecule has 1 aromatic rings. The monoisotopic (exact) mass is 332 g/mol. The largest absolute Gasteiger partial charge is 0.388 e. The van der Waals surface area contributed by atoms with Gasteiger partial charge in [0.05, 0.1) is 12.4 Å². The van der Waals surface area contributed by atoms with Gasteiger partial charge in [0.1, 0.15) is 0 Å². The molecule has 1 saturated heterocycles. The third-order valence-electron chi connectivity index (χ3n) is 3.77. The Morgan fingerprint density at radius 1 is 1.19 bits per heavy atom. The summed E-state index contributed by atoms with van der Waals surface area (Å²) in [5.41, 5.74) is 0.856. The van der Waals surface area contributed by atoms with Gasteiger partial charge in [-0.05, 0) is 24.1 Å². The zero-order chi connectivity index (χ0) is 15.5. The van der Waals surface area contributed by atoms with E-state index in [1.165, 1.54) is 10.6 Å². The van der Waals surface area contributed by atoms with Crippen molar-refractivity contribution in [3.05, 3.63) is 34.9 Å². The van der Waals surface area contributed by atoms with Crippen LogP contribution in [-0.2, 0) is 10.0 Å². The summed E-state index contributed by atoms with van der Waals surface area (Å²) in [7, 11) is -3.08. The Morgan fingerprint density at radius 3 is 2.29 bits per heavy atom. The number of hydrogen-bond donors (Lipinski definition) is 1. The molecule has 0 bridgehead atoms. The van der Waals surface area contributed by atoms with Crippen LogP contribution in [-0.4, -0.2) is 61.7 Å². The van der Waals surface area contributed by atoms with Crippen LogP contribution in [0.3, 0.4) is 0 Å². The maximum absolute atomic E-state index is 11.4. The minimum absolute atomic E-state index is 0.518. The number of halogens is 1. The lowest BCUT2D eigenvalue weighted by molar-refractivity contribution is 0.125. The zero-order valence-corrected chi connectivity index (χ0v) is 13.6. The molecule has 7 heteroatoms. The Balaban J connectivity index is 1.78. The molecule has 2 rings (SSSR count). The molecule has 1 fully saturated rings. The molecule has 0 amide bonds. The average Bonchev–Trinajstić information content (AvgIpc) is 2.45. The van der Waals surface area contributed by atoms with E-state index in [9.17, 15) is 13.5 Å². The van der Waals surface area contributed by atoms with Crippen molar-refractivity contribution < 1.29 is 13.5 Å². The Kier molecular flexibility index (Phi) is 5.62. The Bertz CT molecular complexity index is 554. The Hall–Kier alpha value is -0.660. The van der Waals surface area contributed by atoms with Crippen molar-refractivity contribution in [1.29, 1.82) is 0 Å². The summed E-state index contributed by atoms with van der Waals surface area (Å²) in [5, 5.41) is 10.8. The maximum atomic E-state index is 11.4.